The van der Waals surface area contributed by atoms with Gasteiger partial charge in [0.15, 0.2) is 0 Å². The largest absolute Gasteiger partial charge is 0.354 e. The van der Waals surface area contributed by atoms with Gasteiger partial charge >= 0.3 is 0 Å². The molecule has 0 saturated heterocycles. The monoisotopic (exact) mass is 262 g/mol. The lowest BCUT2D eigenvalue weighted by Crippen LogP contribution is -2.18. The van der Waals surface area contributed by atoms with Gasteiger partial charge in [-0.3, -0.25) is 0 Å². The molecule has 18 heavy (non-hydrogen) atoms. The molecule has 96 valence electrons. The maximum Gasteiger partial charge on any atom is 0.128 e. The summed E-state index contributed by atoms with van der Waals surface area (Å²) < 4.78 is 0. The molecule has 0 bridgehead atoms. The number of nitrogens with zero attached hydrogens (tertiary/aromatic N) is 3. The Balaban J connectivity index is 2.03. The minimum absolute atomic E-state index is 0.793. The highest BCUT2D eigenvalue weighted by Gasteiger charge is 2.05. The SMILES string of the molecule is CCNCc1ccnc(N(C)Cc2cscn2)c1. The molecule has 0 radical (unpaired) electrons. The van der Waals surface area contributed by atoms with Gasteiger partial charge in [0.25, 0.3) is 0 Å². The average molecular weight is 262 g/mol. The Hall–Kier alpha value is -1.46. The summed E-state index contributed by atoms with van der Waals surface area (Å²) in [6, 6.07) is 4.16. The van der Waals surface area contributed by atoms with Crippen molar-refractivity contribution in [2.24, 2.45) is 0 Å². The summed E-state index contributed by atoms with van der Waals surface area (Å²) in [5, 5.41) is 5.39. The minimum Gasteiger partial charge on any atom is -0.354 e. The molecule has 0 aliphatic carbocycles. The third-order valence-corrected chi connectivity index (χ3v) is 3.30. The van der Waals surface area contributed by atoms with Crippen molar-refractivity contribution >= 4 is 17.2 Å². The van der Waals surface area contributed by atoms with Crippen LogP contribution in [-0.4, -0.2) is 23.6 Å². The van der Waals surface area contributed by atoms with Crippen LogP contribution in [0.2, 0.25) is 0 Å². The van der Waals surface area contributed by atoms with Crippen molar-refractivity contribution < 1.29 is 0 Å². The van der Waals surface area contributed by atoms with Crippen LogP contribution in [0.3, 0.4) is 0 Å². The fourth-order valence-electron chi connectivity index (χ4n) is 1.69. The molecule has 0 fully saturated rings. The van der Waals surface area contributed by atoms with E-state index in [4.69, 9.17) is 0 Å². The molecule has 4 nitrogen and oxygen atoms in total. The second-order valence-corrected chi connectivity index (χ2v) is 4.86. The molecule has 2 aromatic rings. The van der Waals surface area contributed by atoms with Gasteiger partial charge < -0.3 is 10.2 Å². The van der Waals surface area contributed by atoms with Crippen molar-refractivity contribution in [3.05, 3.63) is 40.5 Å². The highest BCUT2D eigenvalue weighted by atomic mass is 32.1. The topological polar surface area (TPSA) is 41.1 Å². The van der Waals surface area contributed by atoms with E-state index in [1.807, 2.05) is 24.8 Å². The van der Waals surface area contributed by atoms with Crippen molar-refractivity contribution in [3.8, 4) is 0 Å². The van der Waals surface area contributed by atoms with Gasteiger partial charge in [0, 0.05) is 25.2 Å². The Kier molecular flexibility index (Phi) is 4.66. The summed E-state index contributed by atoms with van der Waals surface area (Å²) in [5.41, 5.74) is 4.20. The number of aromatic nitrogens is 2. The molecule has 0 atom stereocenters. The molecule has 1 N–H and O–H groups in total. The van der Waals surface area contributed by atoms with Crippen molar-refractivity contribution in [2.75, 3.05) is 18.5 Å². The van der Waals surface area contributed by atoms with Crippen molar-refractivity contribution in [1.82, 2.24) is 15.3 Å². The van der Waals surface area contributed by atoms with E-state index < -0.39 is 0 Å². The van der Waals surface area contributed by atoms with Gasteiger partial charge in [-0.05, 0) is 24.2 Å². The highest BCUT2D eigenvalue weighted by molar-refractivity contribution is 7.07. The molecule has 0 aliphatic heterocycles. The average Bonchev–Trinajstić information content (AvgIpc) is 2.89. The van der Waals surface area contributed by atoms with E-state index in [-0.39, 0.29) is 0 Å². The zero-order chi connectivity index (χ0) is 12.8. The third kappa shape index (κ3) is 3.51. The minimum atomic E-state index is 0.793. The Morgan fingerprint density at radius 1 is 1.39 bits per heavy atom. The van der Waals surface area contributed by atoms with E-state index in [2.05, 4.69) is 38.6 Å². The predicted octanol–water partition coefficient (Wildman–Crippen LogP) is 2.28. The van der Waals surface area contributed by atoms with Gasteiger partial charge in [-0.1, -0.05) is 6.92 Å². The van der Waals surface area contributed by atoms with Crippen LogP contribution < -0.4 is 10.2 Å². The van der Waals surface area contributed by atoms with Crippen LogP contribution in [0.4, 0.5) is 5.82 Å². The zero-order valence-electron chi connectivity index (χ0n) is 10.8. The zero-order valence-corrected chi connectivity index (χ0v) is 11.6. The summed E-state index contributed by atoms with van der Waals surface area (Å²) in [4.78, 5) is 10.8. The molecular weight excluding hydrogens is 244 g/mol. The van der Waals surface area contributed by atoms with Gasteiger partial charge in [0.05, 0.1) is 17.7 Å². The number of hydrogen-bond acceptors (Lipinski definition) is 5. The summed E-state index contributed by atoms with van der Waals surface area (Å²) in [7, 11) is 2.04. The lowest BCUT2D eigenvalue weighted by atomic mass is 10.2. The van der Waals surface area contributed by atoms with Gasteiger partial charge in [-0.15, -0.1) is 11.3 Å². The summed E-state index contributed by atoms with van der Waals surface area (Å²) in [6.07, 6.45) is 1.86. The van der Waals surface area contributed by atoms with Crippen LogP contribution in [0.5, 0.6) is 0 Å². The van der Waals surface area contributed by atoms with E-state index in [1.54, 1.807) is 11.3 Å². The van der Waals surface area contributed by atoms with Gasteiger partial charge in [-0.2, -0.15) is 0 Å². The highest BCUT2D eigenvalue weighted by Crippen LogP contribution is 2.14. The Bertz CT molecular complexity index is 470. The maximum atomic E-state index is 4.40. The van der Waals surface area contributed by atoms with E-state index in [1.165, 1.54) is 5.56 Å². The van der Waals surface area contributed by atoms with Crippen LogP contribution in [-0.2, 0) is 13.1 Å². The fourth-order valence-corrected chi connectivity index (χ4v) is 2.24. The van der Waals surface area contributed by atoms with E-state index in [0.717, 1.165) is 31.1 Å². The normalized spacial score (nSPS) is 10.6. The quantitative estimate of drug-likeness (QED) is 0.867. The Morgan fingerprint density at radius 2 is 2.28 bits per heavy atom. The maximum absolute atomic E-state index is 4.40. The number of nitrogens with one attached hydrogen (secondary N) is 1. The molecular formula is C13H18N4S. The van der Waals surface area contributed by atoms with Crippen LogP contribution >= 0.6 is 11.3 Å². The second-order valence-electron chi connectivity index (χ2n) is 4.14. The fraction of sp³-hybridized carbons (Fsp3) is 0.385. The predicted molar refractivity (Wildman–Crippen MR) is 75.8 cm³/mol. The lowest BCUT2D eigenvalue weighted by molar-refractivity contribution is 0.725. The number of hydrogen-bond donors (Lipinski definition) is 1. The summed E-state index contributed by atoms with van der Waals surface area (Å²) >= 11 is 1.62. The molecule has 2 rings (SSSR count). The number of thiazole rings is 1. The molecule has 5 heteroatoms. The number of rotatable bonds is 6. The van der Waals surface area contributed by atoms with Crippen LogP contribution in [0.1, 0.15) is 18.2 Å². The van der Waals surface area contributed by atoms with E-state index in [9.17, 15) is 0 Å². The van der Waals surface area contributed by atoms with Crippen LogP contribution in [0.15, 0.2) is 29.2 Å². The number of pyridine rings is 1. The first-order valence-electron chi connectivity index (χ1n) is 6.03. The summed E-state index contributed by atoms with van der Waals surface area (Å²) in [5.74, 6) is 0.985. The van der Waals surface area contributed by atoms with Crippen LogP contribution in [0.25, 0.3) is 0 Å². The van der Waals surface area contributed by atoms with Crippen molar-refractivity contribution in [1.29, 1.82) is 0 Å². The first-order valence-corrected chi connectivity index (χ1v) is 6.97. The van der Waals surface area contributed by atoms with Gasteiger partial charge in [0.1, 0.15) is 5.82 Å². The second kappa shape index (κ2) is 6.47. The first kappa shape index (κ1) is 13.0. The molecule has 0 aromatic carbocycles. The lowest BCUT2D eigenvalue weighted by Gasteiger charge is -2.17. The molecule has 0 amide bonds. The van der Waals surface area contributed by atoms with E-state index in [0.29, 0.717) is 0 Å². The Morgan fingerprint density at radius 3 is 3.00 bits per heavy atom. The summed E-state index contributed by atoms with van der Waals surface area (Å²) in [6.45, 7) is 4.76. The van der Waals surface area contributed by atoms with E-state index >= 15 is 0 Å². The molecule has 2 heterocycles. The van der Waals surface area contributed by atoms with Crippen LogP contribution in [0, 0.1) is 0 Å². The number of anilines is 1. The first-order chi connectivity index (χ1) is 8.79. The standard InChI is InChI=1S/C13H18N4S/c1-3-14-7-11-4-5-15-13(6-11)17(2)8-12-9-18-10-16-12/h4-6,9-10,14H,3,7-8H2,1-2H3. The van der Waals surface area contributed by atoms with Crippen molar-refractivity contribution in [3.63, 3.8) is 0 Å². The molecule has 0 spiro atoms. The molecule has 2 aromatic heterocycles. The Labute approximate surface area is 112 Å². The molecule has 0 saturated carbocycles. The van der Waals surface area contributed by atoms with Gasteiger partial charge in [0.2, 0.25) is 0 Å². The van der Waals surface area contributed by atoms with Crippen molar-refractivity contribution in [2.45, 2.75) is 20.0 Å². The molecule has 0 aliphatic rings. The van der Waals surface area contributed by atoms with Gasteiger partial charge in [-0.25, -0.2) is 9.97 Å². The third-order valence-electron chi connectivity index (χ3n) is 2.66. The smallest absolute Gasteiger partial charge is 0.128 e. The molecule has 0 unspecified atom stereocenters.